The molecule has 0 radical (unpaired) electrons. The highest BCUT2D eigenvalue weighted by Crippen LogP contribution is 2.55. The fourth-order valence-corrected chi connectivity index (χ4v) is 5.60. The lowest BCUT2D eigenvalue weighted by atomic mass is 9.95. The molecular formula is C27H32N4O. The van der Waals surface area contributed by atoms with Crippen molar-refractivity contribution in [1.82, 2.24) is 20.2 Å². The molecule has 1 aromatic heterocycles. The zero-order valence-corrected chi connectivity index (χ0v) is 18.9. The first-order valence-corrected chi connectivity index (χ1v) is 11.9. The van der Waals surface area contributed by atoms with Crippen LogP contribution in [0.15, 0.2) is 48.5 Å². The summed E-state index contributed by atoms with van der Waals surface area (Å²) in [5, 5.41) is 3.07. The fraction of sp³-hybridized carbons (Fsp3) is 0.481. The van der Waals surface area contributed by atoms with Crippen LogP contribution < -0.4 is 5.32 Å². The minimum atomic E-state index is -0.113. The van der Waals surface area contributed by atoms with E-state index in [2.05, 4.69) is 63.7 Å². The molecule has 3 aliphatic rings. The van der Waals surface area contributed by atoms with Gasteiger partial charge in [0, 0.05) is 31.7 Å². The van der Waals surface area contributed by atoms with E-state index in [-0.39, 0.29) is 5.91 Å². The van der Waals surface area contributed by atoms with Crippen molar-refractivity contribution in [1.29, 1.82) is 0 Å². The molecular weight excluding hydrogens is 396 g/mol. The number of nitrogens with zero attached hydrogens (tertiary/aromatic N) is 3. The Morgan fingerprint density at radius 1 is 1.22 bits per heavy atom. The van der Waals surface area contributed by atoms with E-state index >= 15 is 0 Å². The van der Waals surface area contributed by atoms with Gasteiger partial charge in [-0.05, 0) is 73.5 Å². The van der Waals surface area contributed by atoms with Crippen molar-refractivity contribution < 1.29 is 4.79 Å². The van der Waals surface area contributed by atoms with Crippen molar-refractivity contribution >= 4 is 5.91 Å². The zero-order valence-electron chi connectivity index (χ0n) is 18.9. The number of rotatable bonds is 7. The maximum absolute atomic E-state index is 13.0. The van der Waals surface area contributed by atoms with Gasteiger partial charge in [0.05, 0.1) is 5.69 Å². The highest BCUT2D eigenvalue weighted by molar-refractivity contribution is 5.94. The summed E-state index contributed by atoms with van der Waals surface area (Å²) in [5.41, 5.74) is 9.31. The van der Waals surface area contributed by atoms with Gasteiger partial charge in [0.25, 0.3) is 5.91 Å². The molecule has 5 rings (SSSR count). The Kier molecular flexibility index (Phi) is 5.95. The molecule has 1 amide bonds. The number of fused-ring (bicyclic) bond motifs is 2. The van der Waals surface area contributed by atoms with E-state index in [1.54, 1.807) is 0 Å². The molecule has 2 unspecified atom stereocenters. The van der Waals surface area contributed by atoms with Crippen LogP contribution in [0.5, 0.6) is 0 Å². The Labute approximate surface area is 190 Å². The van der Waals surface area contributed by atoms with Crippen molar-refractivity contribution in [2.45, 2.75) is 52.1 Å². The summed E-state index contributed by atoms with van der Waals surface area (Å²) >= 11 is 0. The van der Waals surface area contributed by atoms with Crippen LogP contribution in [0.4, 0.5) is 0 Å². The molecule has 166 valence electrons. The van der Waals surface area contributed by atoms with E-state index in [0.29, 0.717) is 12.2 Å². The highest BCUT2D eigenvalue weighted by atomic mass is 16.1. The van der Waals surface area contributed by atoms with Crippen LogP contribution >= 0.6 is 0 Å². The maximum Gasteiger partial charge on any atom is 0.270 e. The summed E-state index contributed by atoms with van der Waals surface area (Å²) in [6.45, 7) is 9.06. The average Bonchev–Trinajstić information content (AvgIpc) is 3.42. The molecule has 2 atom stereocenters. The van der Waals surface area contributed by atoms with Crippen LogP contribution in [0.1, 0.15) is 58.6 Å². The normalized spacial score (nSPS) is 23.7. The summed E-state index contributed by atoms with van der Waals surface area (Å²) in [7, 11) is 0. The van der Waals surface area contributed by atoms with Gasteiger partial charge in [-0.1, -0.05) is 30.8 Å². The van der Waals surface area contributed by atoms with Crippen molar-refractivity contribution in [3.63, 3.8) is 0 Å². The van der Waals surface area contributed by atoms with Gasteiger partial charge in [-0.15, -0.1) is 5.73 Å². The predicted octanol–water partition coefficient (Wildman–Crippen LogP) is 4.22. The van der Waals surface area contributed by atoms with Gasteiger partial charge >= 0.3 is 0 Å². The number of carbonyl (C=O) groups is 1. The molecule has 0 spiro atoms. The summed E-state index contributed by atoms with van der Waals surface area (Å²) in [6, 6.07) is 8.50. The SMILES string of the molecule is C=C=C(CNC(=O)c1ncnc2c1CCN(Cc1ccccc1C)C2)CC1CC2CC2C1. The molecule has 1 N–H and O–H groups in total. The minimum absolute atomic E-state index is 0.113. The van der Waals surface area contributed by atoms with E-state index in [1.807, 2.05) is 0 Å². The van der Waals surface area contributed by atoms with Crippen LogP contribution in [-0.4, -0.2) is 33.9 Å². The number of aryl methyl sites for hydroxylation is 1. The van der Waals surface area contributed by atoms with Crippen LogP contribution in [0.3, 0.4) is 0 Å². The van der Waals surface area contributed by atoms with Gasteiger partial charge in [0.15, 0.2) is 0 Å². The summed E-state index contributed by atoms with van der Waals surface area (Å²) < 4.78 is 0. The first-order chi connectivity index (χ1) is 15.6. The number of carbonyl (C=O) groups excluding carboxylic acids is 1. The lowest BCUT2D eigenvalue weighted by Gasteiger charge is -2.29. The number of hydrogen-bond donors (Lipinski definition) is 1. The van der Waals surface area contributed by atoms with Gasteiger partial charge in [0.2, 0.25) is 0 Å². The van der Waals surface area contributed by atoms with E-state index < -0.39 is 0 Å². The van der Waals surface area contributed by atoms with Crippen LogP contribution in [0, 0.1) is 24.7 Å². The second-order valence-electron chi connectivity index (χ2n) is 9.80. The molecule has 1 aliphatic heterocycles. The van der Waals surface area contributed by atoms with Gasteiger partial charge < -0.3 is 5.32 Å². The fourth-order valence-electron chi connectivity index (χ4n) is 5.60. The molecule has 1 aromatic carbocycles. The van der Waals surface area contributed by atoms with E-state index in [1.165, 1.54) is 36.7 Å². The third-order valence-corrected chi connectivity index (χ3v) is 7.54. The largest absolute Gasteiger partial charge is 0.346 e. The lowest BCUT2D eigenvalue weighted by molar-refractivity contribution is 0.0948. The quantitative estimate of drug-likeness (QED) is 0.671. The van der Waals surface area contributed by atoms with Crippen LogP contribution in [0.2, 0.25) is 0 Å². The molecule has 2 aromatic rings. The average molecular weight is 429 g/mol. The molecule has 5 nitrogen and oxygen atoms in total. The van der Waals surface area contributed by atoms with Crippen LogP contribution in [-0.2, 0) is 19.5 Å². The van der Waals surface area contributed by atoms with Gasteiger partial charge in [-0.2, -0.15) is 0 Å². The Morgan fingerprint density at radius 3 is 2.81 bits per heavy atom. The zero-order chi connectivity index (χ0) is 22.1. The molecule has 2 aliphatic carbocycles. The Bertz CT molecular complexity index is 1060. The predicted molar refractivity (Wildman–Crippen MR) is 125 cm³/mol. The topological polar surface area (TPSA) is 58.1 Å². The van der Waals surface area contributed by atoms with E-state index in [0.717, 1.165) is 67.1 Å². The standard InChI is InChI=1S/C27H32N4O/c1-3-19(10-20-11-22-13-23(22)12-20)14-28-27(32)26-24-8-9-31(16-25(24)29-17-30-26)15-21-7-5-4-6-18(21)2/h4-7,17,20,22-23H,1,8-16H2,2H3,(H,28,32). The molecule has 2 saturated carbocycles. The second kappa shape index (κ2) is 9.01. The molecule has 32 heavy (non-hydrogen) atoms. The molecule has 0 saturated heterocycles. The first kappa shape index (κ1) is 21.1. The Morgan fingerprint density at radius 2 is 2.03 bits per heavy atom. The highest BCUT2D eigenvalue weighted by Gasteiger charge is 2.45. The minimum Gasteiger partial charge on any atom is -0.346 e. The van der Waals surface area contributed by atoms with Gasteiger partial charge in [-0.25, -0.2) is 9.97 Å². The lowest BCUT2D eigenvalue weighted by Crippen LogP contribution is -2.34. The third-order valence-electron chi connectivity index (χ3n) is 7.54. The van der Waals surface area contributed by atoms with Crippen molar-refractivity contribution in [3.05, 3.63) is 76.6 Å². The Hall–Kier alpha value is -2.75. The second-order valence-corrected chi connectivity index (χ2v) is 9.80. The maximum atomic E-state index is 13.0. The van der Waals surface area contributed by atoms with Crippen molar-refractivity contribution in [2.75, 3.05) is 13.1 Å². The summed E-state index contributed by atoms with van der Waals surface area (Å²) in [6.07, 6.45) is 7.43. The number of amides is 1. The van der Waals surface area contributed by atoms with E-state index in [4.69, 9.17) is 0 Å². The number of aromatic nitrogens is 2. The number of benzene rings is 1. The number of hydrogen-bond acceptors (Lipinski definition) is 4. The van der Waals surface area contributed by atoms with Crippen molar-refractivity contribution in [2.24, 2.45) is 17.8 Å². The van der Waals surface area contributed by atoms with Crippen molar-refractivity contribution in [3.8, 4) is 0 Å². The summed E-state index contributed by atoms with van der Waals surface area (Å²) in [4.78, 5) is 24.2. The third kappa shape index (κ3) is 4.55. The summed E-state index contributed by atoms with van der Waals surface area (Å²) in [5.74, 6) is 2.57. The smallest absolute Gasteiger partial charge is 0.270 e. The molecule has 2 fully saturated rings. The number of nitrogens with one attached hydrogen (secondary N) is 1. The van der Waals surface area contributed by atoms with Gasteiger partial charge in [-0.3, -0.25) is 9.69 Å². The molecule has 2 heterocycles. The Balaban J connectivity index is 1.20. The first-order valence-electron chi connectivity index (χ1n) is 11.9. The molecule has 5 heteroatoms. The molecule has 0 bridgehead atoms. The monoisotopic (exact) mass is 428 g/mol. The van der Waals surface area contributed by atoms with Gasteiger partial charge in [0.1, 0.15) is 12.0 Å². The van der Waals surface area contributed by atoms with E-state index in [9.17, 15) is 4.79 Å². The van der Waals surface area contributed by atoms with Crippen LogP contribution in [0.25, 0.3) is 0 Å².